The van der Waals surface area contributed by atoms with Gasteiger partial charge in [0, 0.05) is 22.8 Å². The van der Waals surface area contributed by atoms with Gasteiger partial charge in [0.1, 0.15) is 0 Å². The van der Waals surface area contributed by atoms with E-state index in [1.807, 2.05) is 25.1 Å². The highest BCUT2D eigenvalue weighted by molar-refractivity contribution is 9.10. The average molecular weight is 307 g/mol. The molecule has 0 bridgehead atoms. The second kappa shape index (κ2) is 5.48. The van der Waals surface area contributed by atoms with Crippen molar-refractivity contribution in [3.8, 4) is 0 Å². The predicted molar refractivity (Wildman–Crippen MR) is 74.8 cm³/mol. The van der Waals surface area contributed by atoms with E-state index < -0.39 is 0 Å². The monoisotopic (exact) mass is 306 g/mol. The zero-order chi connectivity index (χ0) is 13.1. The molecule has 0 saturated carbocycles. The molecule has 1 aromatic heterocycles. The zero-order valence-electron chi connectivity index (χ0n) is 10.5. The molecular formula is C14H15BrN2O. The summed E-state index contributed by atoms with van der Waals surface area (Å²) in [4.78, 5) is 12.4. The quantitative estimate of drug-likeness (QED) is 0.809. The number of carbonyl (C=O) groups excluding carboxylic acids is 1. The first-order valence-corrected chi connectivity index (χ1v) is 6.75. The Kier molecular flexibility index (Phi) is 3.97. The molecule has 94 valence electrons. The Morgan fingerprint density at radius 3 is 2.94 bits per heavy atom. The maximum atomic E-state index is 12.4. The minimum atomic E-state index is 0.00734. The molecule has 0 unspecified atom stereocenters. The Hall–Kier alpha value is -1.42. The number of hydrogen-bond donors (Lipinski definition) is 0. The number of halogens is 1. The van der Waals surface area contributed by atoms with Crippen LogP contribution in [0, 0.1) is 6.92 Å². The average Bonchev–Trinajstić information content (AvgIpc) is 2.81. The van der Waals surface area contributed by atoms with Crippen LogP contribution in [0.5, 0.6) is 0 Å². The molecule has 0 N–H and O–H groups in total. The first kappa shape index (κ1) is 13.0. The lowest BCUT2D eigenvalue weighted by molar-refractivity contribution is 0.103. The SMILES string of the molecule is CCCn1cc(C(=O)c2cccc(C)c2Br)cn1. The van der Waals surface area contributed by atoms with Crippen molar-refractivity contribution in [2.75, 3.05) is 0 Å². The lowest BCUT2D eigenvalue weighted by Crippen LogP contribution is -2.02. The van der Waals surface area contributed by atoms with Gasteiger partial charge in [-0.05, 0) is 40.9 Å². The fraction of sp³-hybridized carbons (Fsp3) is 0.286. The third-order valence-electron chi connectivity index (χ3n) is 2.78. The van der Waals surface area contributed by atoms with Gasteiger partial charge in [0.2, 0.25) is 0 Å². The summed E-state index contributed by atoms with van der Waals surface area (Å²) >= 11 is 3.47. The van der Waals surface area contributed by atoms with Gasteiger partial charge < -0.3 is 0 Å². The van der Waals surface area contributed by atoms with E-state index in [-0.39, 0.29) is 5.78 Å². The maximum absolute atomic E-state index is 12.4. The van der Waals surface area contributed by atoms with Crippen LogP contribution in [-0.4, -0.2) is 15.6 Å². The standard InChI is InChI=1S/C14H15BrN2O/c1-3-7-17-9-11(8-16-17)14(18)12-6-4-5-10(2)13(12)15/h4-6,8-9H,3,7H2,1-2H3. The molecular weight excluding hydrogens is 292 g/mol. The van der Waals surface area contributed by atoms with E-state index in [1.165, 1.54) is 0 Å². The Morgan fingerprint density at radius 2 is 2.22 bits per heavy atom. The fourth-order valence-corrected chi connectivity index (χ4v) is 2.25. The summed E-state index contributed by atoms with van der Waals surface area (Å²) in [6.45, 7) is 4.89. The van der Waals surface area contributed by atoms with Crippen molar-refractivity contribution in [2.45, 2.75) is 26.8 Å². The number of aromatic nitrogens is 2. The molecule has 2 aromatic rings. The summed E-state index contributed by atoms with van der Waals surface area (Å²) < 4.78 is 2.66. The summed E-state index contributed by atoms with van der Waals surface area (Å²) in [5.41, 5.74) is 2.38. The van der Waals surface area contributed by atoms with Crippen LogP contribution in [0.4, 0.5) is 0 Å². The van der Waals surface area contributed by atoms with E-state index in [4.69, 9.17) is 0 Å². The molecule has 18 heavy (non-hydrogen) atoms. The molecule has 0 radical (unpaired) electrons. The molecule has 0 aliphatic heterocycles. The third kappa shape index (κ3) is 2.53. The first-order chi connectivity index (χ1) is 8.63. The third-order valence-corrected chi connectivity index (χ3v) is 3.84. The van der Waals surface area contributed by atoms with Crippen LogP contribution in [0.2, 0.25) is 0 Å². The number of nitrogens with zero attached hydrogens (tertiary/aromatic N) is 2. The van der Waals surface area contributed by atoms with Crippen LogP contribution in [-0.2, 0) is 6.54 Å². The zero-order valence-corrected chi connectivity index (χ0v) is 12.1. The number of ketones is 1. The Bertz CT molecular complexity index is 575. The number of rotatable bonds is 4. The predicted octanol–water partition coefficient (Wildman–Crippen LogP) is 3.60. The van der Waals surface area contributed by atoms with E-state index >= 15 is 0 Å². The van der Waals surface area contributed by atoms with Gasteiger partial charge in [-0.25, -0.2) is 0 Å². The molecule has 1 heterocycles. The minimum Gasteiger partial charge on any atom is -0.288 e. The lowest BCUT2D eigenvalue weighted by Gasteiger charge is -2.04. The van der Waals surface area contributed by atoms with Gasteiger partial charge in [-0.15, -0.1) is 0 Å². The second-order valence-electron chi connectivity index (χ2n) is 4.26. The van der Waals surface area contributed by atoms with Crippen molar-refractivity contribution in [3.63, 3.8) is 0 Å². The molecule has 3 nitrogen and oxygen atoms in total. The van der Waals surface area contributed by atoms with Gasteiger partial charge in [-0.1, -0.05) is 19.1 Å². The summed E-state index contributed by atoms with van der Waals surface area (Å²) in [6.07, 6.45) is 4.44. The van der Waals surface area contributed by atoms with Gasteiger partial charge in [-0.3, -0.25) is 9.48 Å². The van der Waals surface area contributed by atoms with E-state index in [1.54, 1.807) is 17.1 Å². The molecule has 4 heteroatoms. The highest BCUT2D eigenvalue weighted by Gasteiger charge is 2.15. The van der Waals surface area contributed by atoms with E-state index in [2.05, 4.69) is 28.0 Å². The molecule has 0 saturated heterocycles. The molecule has 0 aliphatic rings. The van der Waals surface area contributed by atoms with E-state index in [9.17, 15) is 4.79 Å². The Labute approximate surface area is 115 Å². The normalized spacial score (nSPS) is 10.6. The summed E-state index contributed by atoms with van der Waals surface area (Å²) in [5.74, 6) is 0.00734. The van der Waals surface area contributed by atoms with Crippen LogP contribution < -0.4 is 0 Å². The van der Waals surface area contributed by atoms with Crippen LogP contribution >= 0.6 is 15.9 Å². The van der Waals surface area contributed by atoms with E-state index in [0.29, 0.717) is 11.1 Å². The fourth-order valence-electron chi connectivity index (χ4n) is 1.81. The number of benzene rings is 1. The molecule has 0 amide bonds. The smallest absolute Gasteiger partial charge is 0.197 e. The van der Waals surface area contributed by atoms with Crippen LogP contribution in [0.1, 0.15) is 34.8 Å². The molecule has 0 fully saturated rings. The van der Waals surface area contributed by atoms with Gasteiger partial charge in [0.05, 0.1) is 11.8 Å². The van der Waals surface area contributed by atoms with Crippen molar-refractivity contribution in [2.24, 2.45) is 0 Å². The maximum Gasteiger partial charge on any atom is 0.197 e. The van der Waals surface area contributed by atoms with Gasteiger partial charge in [0.25, 0.3) is 0 Å². The van der Waals surface area contributed by atoms with Crippen molar-refractivity contribution in [1.29, 1.82) is 0 Å². The van der Waals surface area contributed by atoms with Crippen molar-refractivity contribution >= 4 is 21.7 Å². The summed E-state index contributed by atoms with van der Waals surface area (Å²) in [7, 11) is 0. The number of hydrogen-bond acceptors (Lipinski definition) is 2. The van der Waals surface area contributed by atoms with Crippen molar-refractivity contribution in [1.82, 2.24) is 9.78 Å². The van der Waals surface area contributed by atoms with Crippen molar-refractivity contribution in [3.05, 3.63) is 51.8 Å². The van der Waals surface area contributed by atoms with Crippen molar-refractivity contribution < 1.29 is 4.79 Å². The lowest BCUT2D eigenvalue weighted by atomic mass is 10.0. The second-order valence-corrected chi connectivity index (χ2v) is 5.05. The van der Waals surface area contributed by atoms with Gasteiger partial charge >= 0.3 is 0 Å². The molecule has 2 rings (SSSR count). The Morgan fingerprint density at radius 1 is 1.44 bits per heavy atom. The number of aryl methyl sites for hydroxylation is 2. The summed E-state index contributed by atoms with van der Waals surface area (Å²) in [5, 5.41) is 4.19. The molecule has 1 aromatic carbocycles. The van der Waals surface area contributed by atoms with Crippen LogP contribution in [0.25, 0.3) is 0 Å². The number of carbonyl (C=O) groups is 1. The molecule has 0 spiro atoms. The van der Waals surface area contributed by atoms with Crippen LogP contribution in [0.3, 0.4) is 0 Å². The highest BCUT2D eigenvalue weighted by atomic mass is 79.9. The van der Waals surface area contributed by atoms with Gasteiger partial charge in [0.15, 0.2) is 5.78 Å². The molecule has 0 aliphatic carbocycles. The van der Waals surface area contributed by atoms with Crippen LogP contribution in [0.15, 0.2) is 35.1 Å². The highest BCUT2D eigenvalue weighted by Crippen LogP contribution is 2.23. The van der Waals surface area contributed by atoms with Gasteiger partial charge in [-0.2, -0.15) is 5.10 Å². The molecule has 0 atom stereocenters. The first-order valence-electron chi connectivity index (χ1n) is 5.95. The minimum absolute atomic E-state index is 0.00734. The van der Waals surface area contributed by atoms with E-state index in [0.717, 1.165) is 23.0 Å². The Balaban J connectivity index is 2.32. The largest absolute Gasteiger partial charge is 0.288 e. The topological polar surface area (TPSA) is 34.9 Å². The summed E-state index contributed by atoms with van der Waals surface area (Å²) in [6, 6.07) is 5.70.